The van der Waals surface area contributed by atoms with Crippen molar-refractivity contribution in [1.29, 1.82) is 0 Å². The first-order valence-corrected chi connectivity index (χ1v) is 12.2. The SMILES string of the molecule is CCc1nc(N2CCN(C(=O)c3cccc(F)c3)CC2)c2c3c(sc2n1)CN(CC)CC3. The van der Waals surface area contributed by atoms with Crippen LogP contribution in [0.1, 0.15) is 40.5 Å². The molecule has 6 nitrogen and oxygen atoms in total. The molecule has 4 heterocycles. The Morgan fingerprint density at radius 3 is 2.66 bits per heavy atom. The third-order valence-corrected chi connectivity index (χ3v) is 7.62. The van der Waals surface area contributed by atoms with E-state index >= 15 is 0 Å². The number of nitrogens with zero attached hydrogens (tertiary/aromatic N) is 5. The van der Waals surface area contributed by atoms with Gasteiger partial charge in [-0.05, 0) is 36.7 Å². The Kier molecular flexibility index (Phi) is 5.82. The fraction of sp³-hybridized carbons (Fsp3) is 0.458. The average Bonchev–Trinajstić information content (AvgIpc) is 3.20. The van der Waals surface area contributed by atoms with Gasteiger partial charge < -0.3 is 9.80 Å². The number of benzene rings is 1. The third kappa shape index (κ3) is 3.86. The van der Waals surface area contributed by atoms with Gasteiger partial charge in [-0.2, -0.15) is 0 Å². The van der Waals surface area contributed by atoms with Crippen LogP contribution in [0, 0.1) is 5.82 Å². The Balaban J connectivity index is 1.41. The second kappa shape index (κ2) is 8.75. The normalized spacial score (nSPS) is 17.1. The number of piperazine rings is 1. The van der Waals surface area contributed by atoms with E-state index in [0.29, 0.717) is 31.7 Å². The van der Waals surface area contributed by atoms with Crippen molar-refractivity contribution in [2.24, 2.45) is 0 Å². The van der Waals surface area contributed by atoms with Gasteiger partial charge in [-0.1, -0.05) is 19.9 Å². The zero-order chi connectivity index (χ0) is 22.2. The smallest absolute Gasteiger partial charge is 0.254 e. The largest absolute Gasteiger partial charge is 0.352 e. The number of thiophene rings is 1. The first-order chi connectivity index (χ1) is 15.6. The number of fused-ring (bicyclic) bond motifs is 3. The van der Waals surface area contributed by atoms with Crippen molar-refractivity contribution < 1.29 is 9.18 Å². The molecule has 3 aromatic rings. The lowest BCUT2D eigenvalue weighted by Gasteiger charge is -2.36. The van der Waals surface area contributed by atoms with Crippen molar-refractivity contribution in [3.05, 3.63) is 51.9 Å². The topological polar surface area (TPSA) is 52.6 Å². The number of aryl methyl sites for hydroxylation is 1. The number of halogens is 1. The second-order valence-corrected chi connectivity index (χ2v) is 9.49. The highest BCUT2D eigenvalue weighted by Crippen LogP contribution is 2.39. The number of hydrogen-bond donors (Lipinski definition) is 0. The lowest BCUT2D eigenvalue weighted by molar-refractivity contribution is 0.0746. The van der Waals surface area contributed by atoms with Gasteiger partial charge in [-0.3, -0.25) is 9.69 Å². The van der Waals surface area contributed by atoms with E-state index < -0.39 is 0 Å². The highest BCUT2D eigenvalue weighted by atomic mass is 32.1. The predicted octanol–water partition coefficient (Wildman–Crippen LogP) is 3.73. The molecule has 1 amide bonds. The molecular formula is C24H28FN5OS. The van der Waals surface area contributed by atoms with Crippen LogP contribution in [0.5, 0.6) is 0 Å². The number of carbonyl (C=O) groups is 1. The summed E-state index contributed by atoms with van der Waals surface area (Å²) < 4.78 is 13.6. The van der Waals surface area contributed by atoms with E-state index in [0.717, 1.165) is 48.9 Å². The summed E-state index contributed by atoms with van der Waals surface area (Å²) >= 11 is 1.81. The van der Waals surface area contributed by atoms with E-state index in [-0.39, 0.29) is 11.7 Å². The van der Waals surface area contributed by atoms with Crippen molar-refractivity contribution in [2.75, 3.05) is 44.2 Å². The summed E-state index contributed by atoms with van der Waals surface area (Å²) in [7, 11) is 0. The number of amides is 1. The summed E-state index contributed by atoms with van der Waals surface area (Å²) in [6.07, 6.45) is 1.83. The molecule has 0 aliphatic carbocycles. The van der Waals surface area contributed by atoms with Crippen LogP contribution in [0.15, 0.2) is 24.3 Å². The molecule has 8 heteroatoms. The predicted molar refractivity (Wildman–Crippen MR) is 126 cm³/mol. The fourth-order valence-electron chi connectivity index (χ4n) is 4.65. The fourth-order valence-corrected chi connectivity index (χ4v) is 5.93. The van der Waals surface area contributed by atoms with Gasteiger partial charge in [-0.25, -0.2) is 14.4 Å². The van der Waals surface area contributed by atoms with Crippen molar-refractivity contribution in [3.63, 3.8) is 0 Å². The quantitative estimate of drug-likeness (QED) is 0.603. The second-order valence-electron chi connectivity index (χ2n) is 8.41. The molecule has 1 aromatic carbocycles. The van der Waals surface area contributed by atoms with Crippen LogP contribution < -0.4 is 4.90 Å². The average molecular weight is 454 g/mol. The van der Waals surface area contributed by atoms with Gasteiger partial charge in [0.2, 0.25) is 0 Å². The molecule has 1 saturated heterocycles. The van der Waals surface area contributed by atoms with E-state index in [1.807, 2.05) is 16.2 Å². The lowest BCUT2D eigenvalue weighted by Crippen LogP contribution is -2.49. The Morgan fingerprint density at radius 1 is 1.12 bits per heavy atom. The zero-order valence-corrected chi connectivity index (χ0v) is 19.4. The molecule has 2 aliphatic heterocycles. The van der Waals surface area contributed by atoms with Gasteiger partial charge in [0.25, 0.3) is 5.91 Å². The molecule has 1 fully saturated rings. The highest BCUT2D eigenvalue weighted by Gasteiger charge is 2.28. The number of likely N-dealkylation sites (N-methyl/N-ethyl adjacent to an activating group) is 1. The Bertz CT molecular complexity index is 1150. The van der Waals surface area contributed by atoms with E-state index in [1.165, 1.54) is 28.0 Å². The van der Waals surface area contributed by atoms with Gasteiger partial charge in [0.05, 0.1) is 5.39 Å². The summed E-state index contributed by atoms with van der Waals surface area (Å²) in [5.41, 5.74) is 1.81. The molecule has 2 aromatic heterocycles. The molecule has 5 rings (SSSR count). The maximum absolute atomic E-state index is 13.6. The molecule has 32 heavy (non-hydrogen) atoms. The summed E-state index contributed by atoms with van der Waals surface area (Å²) in [6.45, 7) is 10.0. The minimum absolute atomic E-state index is 0.112. The van der Waals surface area contributed by atoms with Crippen molar-refractivity contribution in [2.45, 2.75) is 33.2 Å². The van der Waals surface area contributed by atoms with Crippen molar-refractivity contribution in [3.8, 4) is 0 Å². The molecule has 168 valence electrons. The highest BCUT2D eigenvalue weighted by molar-refractivity contribution is 7.19. The van der Waals surface area contributed by atoms with Crippen LogP contribution in [0.4, 0.5) is 10.2 Å². The van der Waals surface area contributed by atoms with Gasteiger partial charge in [0.1, 0.15) is 22.3 Å². The van der Waals surface area contributed by atoms with E-state index in [1.54, 1.807) is 12.1 Å². The van der Waals surface area contributed by atoms with Gasteiger partial charge in [0.15, 0.2) is 0 Å². The molecule has 0 N–H and O–H groups in total. The van der Waals surface area contributed by atoms with Crippen LogP contribution in [0.2, 0.25) is 0 Å². The van der Waals surface area contributed by atoms with E-state index in [4.69, 9.17) is 9.97 Å². The number of hydrogen-bond acceptors (Lipinski definition) is 6. The van der Waals surface area contributed by atoms with Crippen molar-refractivity contribution in [1.82, 2.24) is 19.8 Å². The monoisotopic (exact) mass is 453 g/mol. The van der Waals surface area contributed by atoms with Crippen LogP contribution in [0.3, 0.4) is 0 Å². The Morgan fingerprint density at radius 2 is 1.94 bits per heavy atom. The Hall–Kier alpha value is -2.58. The van der Waals surface area contributed by atoms with Crippen LogP contribution in [0.25, 0.3) is 10.2 Å². The molecule has 2 aliphatic rings. The number of carbonyl (C=O) groups excluding carboxylic acids is 1. The molecular weight excluding hydrogens is 425 g/mol. The van der Waals surface area contributed by atoms with Crippen LogP contribution in [-0.4, -0.2) is 64.9 Å². The summed E-state index contributed by atoms with van der Waals surface area (Å²) in [5, 5.41) is 1.21. The third-order valence-electron chi connectivity index (χ3n) is 6.51. The molecule has 0 spiro atoms. The Labute approximate surface area is 191 Å². The standard InChI is InChI=1S/C24H28FN5OS/c1-3-20-26-22(21-18-8-9-28(4-2)15-19(18)32-23(21)27-20)29-10-12-30(13-11-29)24(31)16-6-5-7-17(25)14-16/h5-7,14H,3-4,8-13,15H2,1-2H3. The zero-order valence-electron chi connectivity index (χ0n) is 18.6. The molecule has 0 bridgehead atoms. The van der Waals surface area contributed by atoms with Crippen LogP contribution >= 0.6 is 11.3 Å². The minimum Gasteiger partial charge on any atom is -0.352 e. The van der Waals surface area contributed by atoms with Gasteiger partial charge in [0, 0.05) is 56.1 Å². The van der Waals surface area contributed by atoms with Gasteiger partial charge >= 0.3 is 0 Å². The maximum atomic E-state index is 13.6. The molecule has 0 atom stereocenters. The number of rotatable bonds is 4. The number of anilines is 1. The summed E-state index contributed by atoms with van der Waals surface area (Å²) in [6, 6.07) is 5.94. The van der Waals surface area contributed by atoms with E-state index in [2.05, 4.69) is 23.6 Å². The molecule has 0 radical (unpaired) electrons. The first kappa shape index (κ1) is 21.3. The lowest BCUT2D eigenvalue weighted by atomic mass is 10.0. The maximum Gasteiger partial charge on any atom is 0.254 e. The molecule has 0 saturated carbocycles. The van der Waals surface area contributed by atoms with E-state index in [9.17, 15) is 9.18 Å². The first-order valence-electron chi connectivity index (χ1n) is 11.4. The summed E-state index contributed by atoms with van der Waals surface area (Å²) in [5.74, 6) is 1.40. The number of aromatic nitrogens is 2. The van der Waals surface area contributed by atoms with Crippen LogP contribution in [-0.2, 0) is 19.4 Å². The summed E-state index contributed by atoms with van der Waals surface area (Å²) in [4.78, 5) is 31.7. The molecule has 0 unspecified atom stereocenters. The van der Waals surface area contributed by atoms with Gasteiger partial charge in [-0.15, -0.1) is 11.3 Å². The van der Waals surface area contributed by atoms with Crippen molar-refractivity contribution >= 4 is 33.3 Å². The minimum atomic E-state index is -0.381.